The monoisotopic (exact) mass is 596 g/mol. The molecule has 0 aliphatic rings. The van der Waals surface area contributed by atoms with Crippen molar-refractivity contribution in [2.45, 2.75) is 39.9 Å². The third-order valence-corrected chi connectivity index (χ3v) is 6.18. The fourth-order valence-corrected chi connectivity index (χ4v) is 3.90. The molecular formula is C35H36N2O7. The molecule has 4 rings (SSSR count). The Morgan fingerprint density at radius 2 is 1.48 bits per heavy atom. The van der Waals surface area contributed by atoms with Gasteiger partial charge in [0.25, 0.3) is 5.91 Å². The predicted octanol–water partition coefficient (Wildman–Crippen LogP) is 6.59. The summed E-state index contributed by atoms with van der Waals surface area (Å²) in [4.78, 5) is 25.3. The first-order valence-corrected chi connectivity index (χ1v) is 14.4. The lowest BCUT2D eigenvalue weighted by Crippen LogP contribution is -2.33. The molecule has 0 heterocycles. The Balaban J connectivity index is 1.28. The second kappa shape index (κ2) is 16.4. The Hall–Kier alpha value is -5.31. The van der Waals surface area contributed by atoms with E-state index < -0.39 is 18.0 Å². The quantitative estimate of drug-likeness (QED) is 0.0715. The molecule has 9 nitrogen and oxygen atoms in total. The van der Waals surface area contributed by atoms with Crippen LogP contribution in [-0.4, -0.2) is 37.4 Å². The van der Waals surface area contributed by atoms with Crippen molar-refractivity contribution in [3.05, 3.63) is 114 Å². The van der Waals surface area contributed by atoms with E-state index in [1.807, 2.05) is 44.2 Å². The maximum Gasteiger partial charge on any atom is 0.343 e. The molecule has 0 aliphatic carbocycles. The van der Waals surface area contributed by atoms with Crippen LogP contribution in [0, 0.1) is 0 Å². The van der Waals surface area contributed by atoms with Gasteiger partial charge >= 0.3 is 5.97 Å². The Bertz CT molecular complexity index is 1520. The molecule has 0 aliphatic heterocycles. The van der Waals surface area contributed by atoms with Gasteiger partial charge in [-0.1, -0.05) is 37.3 Å². The largest absolute Gasteiger partial charge is 0.494 e. The summed E-state index contributed by atoms with van der Waals surface area (Å²) in [7, 11) is 0. The molecule has 1 atom stereocenters. The number of benzene rings is 4. The number of carbonyl (C=O) groups is 2. The minimum Gasteiger partial charge on any atom is -0.494 e. The van der Waals surface area contributed by atoms with Gasteiger partial charge in [-0.15, -0.1) is 0 Å². The van der Waals surface area contributed by atoms with Crippen LogP contribution < -0.4 is 29.1 Å². The van der Waals surface area contributed by atoms with E-state index in [-0.39, 0.29) is 5.75 Å². The van der Waals surface area contributed by atoms with Gasteiger partial charge in [0.05, 0.1) is 25.0 Å². The van der Waals surface area contributed by atoms with Crippen LogP contribution in [0.5, 0.6) is 28.7 Å². The average molecular weight is 597 g/mol. The fourth-order valence-electron chi connectivity index (χ4n) is 3.90. The first-order valence-electron chi connectivity index (χ1n) is 14.4. The molecule has 1 amide bonds. The van der Waals surface area contributed by atoms with Crippen molar-refractivity contribution in [1.82, 2.24) is 5.43 Å². The smallest absolute Gasteiger partial charge is 0.343 e. The molecule has 0 fully saturated rings. The predicted molar refractivity (Wildman–Crippen MR) is 168 cm³/mol. The molecule has 0 unspecified atom stereocenters. The van der Waals surface area contributed by atoms with Gasteiger partial charge < -0.3 is 23.7 Å². The molecule has 0 spiro atoms. The molecule has 4 aromatic carbocycles. The van der Waals surface area contributed by atoms with Crippen LogP contribution >= 0.6 is 0 Å². The van der Waals surface area contributed by atoms with Crippen molar-refractivity contribution < 1.29 is 33.3 Å². The summed E-state index contributed by atoms with van der Waals surface area (Å²) in [5.41, 5.74) is 4.57. The highest BCUT2D eigenvalue weighted by Crippen LogP contribution is 2.29. The average Bonchev–Trinajstić information content (AvgIpc) is 3.05. The van der Waals surface area contributed by atoms with Gasteiger partial charge in [-0.05, 0) is 98.1 Å². The Labute approximate surface area is 257 Å². The third kappa shape index (κ3) is 9.62. The van der Waals surface area contributed by atoms with Crippen molar-refractivity contribution >= 4 is 18.1 Å². The normalized spacial score (nSPS) is 11.4. The Kier molecular flexibility index (Phi) is 11.8. The van der Waals surface area contributed by atoms with Crippen LogP contribution in [0.2, 0.25) is 0 Å². The van der Waals surface area contributed by atoms with Crippen molar-refractivity contribution in [2.24, 2.45) is 5.10 Å². The third-order valence-electron chi connectivity index (χ3n) is 6.18. The molecule has 0 saturated heterocycles. The minimum absolute atomic E-state index is 0.267. The lowest BCUT2D eigenvalue weighted by molar-refractivity contribution is -0.127. The number of esters is 1. The minimum atomic E-state index is -0.795. The summed E-state index contributed by atoms with van der Waals surface area (Å²) in [6, 6.07) is 28.7. The number of nitrogens with zero attached hydrogens (tertiary/aromatic N) is 1. The Morgan fingerprint density at radius 3 is 2.18 bits per heavy atom. The van der Waals surface area contributed by atoms with Gasteiger partial charge in [0.2, 0.25) is 0 Å². The molecule has 0 saturated carbocycles. The zero-order valence-corrected chi connectivity index (χ0v) is 25.0. The summed E-state index contributed by atoms with van der Waals surface area (Å²) in [5, 5.41) is 4.04. The maximum absolute atomic E-state index is 12.7. The number of amides is 1. The van der Waals surface area contributed by atoms with E-state index in [1.54, 1.807) is 73.7 Å². The van der Waals surface area contributed by atoms with Crippen molar-refractivity contribution in [1.29, 1.82) is 0 Å². The first-order chi connectivity index (χ1) is 21.4. The molecule has 1 N–H and O–H groups in total. The number of hydrogen-bond donors (Lipinski definition) is 1. The van der Waals surface area contributed by atoms with Gasteiger partial charge in [-0.3, -0.25) is 4.79 Å². The lowest BCUT2D eigenvalue weighted by atomic mass is 10.2. The highest BCUT2D eigenvalue weighted by atomic mass is 16.6. The number of nitrogens with one attached hydrogen (secondary N) is 1. The van der Waals surface area contributed by atoms with Crippen LogP contribution in [0.4, 0.5) is 0 Å². The van der Waals surface area contributed by atoms with Crippen molar-refractivity contribution in [2.75, 3.05) is 13.2 Å². The number of hydrazone groups is 1. The lowest BCUT2D eigenvalue weighted by Gasteiger charge is -2.14. The van der Waals surface area contributed by atoms with E-state index in [2.05, 4.69) is 10.5 Å². The number of ether oxygens (including phenoxy) is 5. The Morgan fingerprint density at radius 1 is 0.795 bits per heavy atom. The van der Waals surface area contributed by atoms with Crippen LogP contribution in [0.3, 0.4) is 0 Å². The summed E-state index contributed by atoms with van der Waals surface area (Å²) < 4.78 is 28.4. The van der Waals surface area contributed by atoms with Crippen LogP contribution in [0.25, 0.3) is 0 Å². The van der Waals surface area contributed by atoms with Crippen LogP contribution in [0.1, 0.15) is 48.7 Å². The summed E-state index contributed by atoms with van der Waals surface area (Å²) in [6.07, 6.45) is 1.57. The maximum atomic E-state index is 12.7. The highest BCUT2D eigenvalue weighted by molar-refractivity contribution is 5.92. The van der Waals surface area contributed by atoms with E-state index in [9.17, 15) is 9.59 Å². The van der Waals surface area contributed by atoms with E-state index in [4.69, 9.17) is 23.7 Å². The molecule has 4 aromatic rings. The fraction of sp³-hybridized carbons (Fsp3) is 0.229. The SMILES string of the molecule is CCCOc1ccc(C(=O)Oc2ccc(/C=N\NC(=O)[C@@H](C)Oc3ccc(OCc4ccccc4)cc3)cc2OCC)cc1. The zero-order valence-electron chi connectivity index (χ0n) is 25.0. The second-order valence-electron chi connectivity index (χ2n) is 9.64. The first kappa shape index (κ1) is 31.6. The number of carbonyl (C=O) groups excluding carboxylic acids is 2. The van der Waals surface area contributed by atoms with Gasteiger partial charge in [0.1, 0.15) is 23.9 Å². The molecule has 0 radical (unpaired) electrons. The van der Waals surface area contributed by atoms with Crippen molar-refractivity contribution in [3.8, 4) is 28.7 Å². The van der Waals surface area contributed by atoms with E-state index in [0.717, 1.165) is 12.0 Å². The summed E-state index contributed by atoms with van der Waals surface area (Å²) in [6.45, 7) is 6.91. The van der Waals surface area contributed by atoms with E-state index in [0.29, 0.717) is 53.9 Å². The summed E-state index contributed by atoms with van der Waals surface area (Å²) in [5.74, 6) is 1.60. The standard InChI is InChI=1S/C35H36N2O7/c1-4-21-41-29-14-12-28(13-15-29)35(39)44-32-20-11-27(22-33(32)40-5-2)23-36-37-34(38)25(3)43-31-18-16-30(17-19-31)42-24-26-9-7-6-8-10-26/h6-20,22-23,25H,4-5,21,24H2,1-3H3,(H,37,38)/b36-23-/t25-/m1/s1. The van der Waals surface area contributed by atoms with Crippen LogP contribution in [-0.2, 0) is 11.4 Å². The molecule has 0 aromatic heterocycles. The van der Waals surface area contributed by atoms with Gasteiger partial charge in [0.15, 0.2) is 17.6 Å². The van der Waals surface area contributed by atoms with E-state index >= 15 is 0 Å². The molecule has 0 bridgehead atoms. The van der Waals surface area contributed by atoms with Gasteiger partial charge in [-0.2, -0.15) is 5.10 Å². The van der Waals surface area contributed by atoms with Gasteiger partial charge in [0, 0.05) is 0 Å². The van der Waals surface area contributed by atoms with E-state index in [1.165, 1.54) is 6.21 Å². The number of hydrogen-bond acceptors (Lipinski definition) is 8. The molecule has 228 valence electrons. The van der Waals surface area contributed by atoms with Gasteiger partial charge in [-0.25, -0.2) is 10.2 Å². The molecule has 44 heavy (non-hydrogen) atoms. The van der Waals surface area contributed by atoms with Crippen LogP contribution in [0.15, 0.2) is 102 Å². The highest BCUT2D eigenvalue weighted by Gasteiger charge is 2.15. The molecule has 9 heteroatoms. The second-order valence-corrected chi connectivity index (χ2v) is 9.64. The zero-order chi connectivity index (χ0) is 31.1. The number of rotatable bonds is 15. The van der Waals surface area contributed by atoms with Crippen molar-refractivity contribution in [3.63, 3.8) is 0 Å². The summed E-state index contributed by atoms with van der Waals surface area (Å²) >= 11 is 0. The molecular weight excluding hydrogens is 560 g/mol. The topological polar surface area (TPSA) is 105 Å².